The Bertz CT molecular complexity index is 355. The van der Waals surface area contributed by atoms with E-state index in [1.807, 2.05) is 0 Å². The number of aromatic nitrogens is 2. The smallest absolute Gasteiger partial charge is 0.0644 e. The van der Waals surface area contributed by atoms with Crippen LogP contribution in [-0.2, 0) is 6.54 Å². The molecule has 0 saturated carbocycles. The highest BCUT2D eigenvalue weighted by atomic mass is 15.3. The van der Waals surface area contributed by atoms with Crippen LogP contribution < -0.4 is 5.32 Å². The Hall–Kier alpha value is -0.830. The molecule has 3 nitrogen and oxygen atoms in total. The van der Waals surface area contributed by atoms with Crippen LogP contribution in [0.1, 0.15) is 57.1 Å². The highest BCUT2D eigenvalue weighted by molar-refractivity contribution is 5.27. The second-order valence-electron chi connectivity index (χ2n) is 5.04. The van der Waals surface area contributed by atoms with Crippen LogP contribution in [0.5, 0.6) is 0 Å². The molecule has 0 fully saturated rings. The molecule has 98 valence electrons. The third-order valence-electron chi connectivity index (χ3n) is 3.64. The van der Waals surface area contributed by atoms with Crippen molar-refractivity contribution in [3.05, 3.63) is 17.0 Å². The lowest BCUT2D eigenvalue weighted by Gasteiger charge is -2.17. The first-order valence-electron chi connectivity index (χ1n) is 6.78. The average molecular weight is 237 g/mol. The number of nitrogens with zero attached hydrogens (tertiary/aromatic N) is 2. The Labute approximate surface area is 106 Å². The van der Waals surface area contributed by atoms with Crippen LogP contribution in [0, 0.1) is 19.8 Å². The van der Waals surface area contributed by atoms with Crippen LogP contribution in [0.4, 0.5) is 0 Å². The Morgan fingerprint density at radius 3 is 2.35 bits per heavy atom. The zero-order valence-electron chi connectivity index (χ0n) is 12.2. The van der Waals surface area contributed by atoms with E-state index in [0.29, 0.717) is 6.04 Å². The summed E-state index contributed by atoms with van der Waals surface area (Å²) in [4.78, 5) is 0. The highest BCUT2D eigenvalue weighted by Crippen LogP contribution is 2.21. The van der Waals surface area contributed by atoms with E-state index in [0.717, 1.165) is 24.7 Å². The average Bonchev–Trinajstić information content (AvgIpc) is 2.60. The fourth-order valence-electron chi connectivity index (χ4n) is 2.27. The maximum Gasteiger partial charge on any atom is 0.0644 e. The van der Waals surface area contributed by atoms with Gasteiger partial charge in [-0.1, -0.05) is 20.3 Å². The Balaban J connectivity index is 2.74. The number of hydrogen-bond acceptors (Lipinski definition) is 2. The first-order valence-corrected chi connectivity index (χ1v) is 6.78. The molecule has 2 unspecified atom stereocenters. The minimum Gasteiger partial charge on any atom is -0.310 e. The van der Waals surface area contributed by atoms with Gasteiger partial charge in [0.2, 0.25) is 0 Å². The molecule has 0 aromatic carbocycles. The van der Waals surface area contributed by atoms with E-state index in [-0.39, 0.29) is 0 Å². The van der Waals surface area contributed by atoms with Gasteiger partial charge in [-0.15, -0.1) is 0 Å². The van der Waals surface area contributed by atoms with Gasteiger partial charge < -0.3 is 5.32 Å². The van der Waals surface area contributed by atoms with Crippen molar-refractivity contribution in [2.45, 2.75) is 60.5 Å². The van der Waals surface area contributed by atoms with E-state index >= 15 is 0 Å². The van der Waals surface area contributed by atoms with E-state index in [2.05, 4.69) is 56.6 Å². The molecule has 0 spiro atoms. The summed E-state index contributed by atoms with van der Waals surface area (Å²) in [5.41, 5.74) is 3.83. The quantitative estimate of drug-likeness (QED) is 0.823. The zero-order chi connectivity index (χ0) is 13.0. The number of hydrogen-bond donors (Lipinski definition) is 1. The predicted molar refractivity (Wildman–Crippen MR) is 73.2 cm³/mol. The molecule has 1 heterocycles. The third-order valence-corrected chi connectivity index (χ3v) is 3.64. The van der Waals surface area contributed by atoms with Gasteiger partial charge in [-0.05, 0) is 40.2 Å². The second kappa shape index (κ2) is 6.20. The fraction of sp³-hybridized carbons (Fsp3) is 0.786. The molecule has 0 amide bonds. The molecule has 1 N–H and O–H groups in total. The summed E-state index contributed by atoms with van der Waals surface area (Å²) >= 11 is 0. The van der Waals surface area contributed by atoms with Crippen LogP contribution in [0.15, 0.2) is 0 Å². The molecule has 1 aromatic heterocycles. The molecule has 1 aromatic rings. The zero-order valence-corrected chi connectivity index (χ0v) is 12.2. The molecule has 0 aliphatic rings. The molecule has 0 radical (unpaired) electrons. The number of rotatable bonds is 6. The number of aryl methyl sites for hydroxylation is 2. The normalized spacial score (nSPS) is 14.9. The molecule has 2 atom stereocenters. The SMILES string of the molecule is CCC(C)CNC(C)c1c(C)nn(CC)c1C. The molecule has 0 aliphatic carbocycles. The summed E-state index contributed by atoms with van der Waals surface area (Å²) < 4.78 is 2.09. The van der Waals surface area contributed by atoms with Gasteiger partial charge in [-0.2, -0.15) is 5.10 Å². The molecular weight excluding hydrogens is 210 g/mol. The standard InChI is InChI=1S/C14H27N3/c1-7-10(3)9-15-11(4)14-12(5)16-17(8-2)13(14)6/h10-11,15H,7-9H2,1-6H3. The molecule has 3 heteroatoms. The van der Waals surface area contributed by atoms with Crippen molar-refractivity contribution in [3.8, 4) is 0 Å². The van der Waals surface area contributed by atoms with Crippen LogP contribution in [0.2, 0.25) is 0 Å². The van der Waals surface area contributed by atoms with Gasteiger partial charge in [0.15, 0.2) is 0 Å². The lowest BCUT2D eigenvalue weighted by atomic mass is 10.0. The van der Waals surface area contributed by atoms with Crippen molar-refractivity contribution in [3.63, 3.8) is 0 Å². The van der Waals surface area contributed by atoms with Crippen LogP contribution in [-0.4, -0.2) is 16.3 Å². The van der Waals surface area contributed by atoms with Crippen molar-refractivity contribution < 1.29 is 0 Å². The Morgan fingerprint density at radius 2 is 1.88 bits per heavy atom. The minimum atomic E-state index is 0.393. The lowest BCUT2D eigenvalue weighted by Crippen LogP contribution is -2.25. The minimum absolute atomic E-state index is 0.393. The maximum absolute atomic E-state index is 4.57. The first kappa shape index (κ1) is 14.2. The van der Waals surface area contributed by atoms with Gasteiger partial charge in [0, 0.05) is 23.8 Å². The largest absolute Gasteiger partial charge is 0.310 e. The van der Waals surface area contributed by atoms with E-state index in [4.69, 9.17) is 0 Å². The van der Waals surface area contributed by atoms with Gasteiger partial charge in [0.05, 0.1) is 5.69 Å². The van der Waals surface area contributed by atoms with Gasteiger partial charge in [0.1, 0.15) is 0 Å². The van der Waals surface area contributed by atoms with Gasteiger partial charge in [-0.3, -0.25) is 4.68 Å². The molecular formula is C14H27N3. The van der Waals surface area contributed by atoms with Crippen molar-refractivity contribution in [2.24, 2.45) is 5.92 Å². The Kier molecular flexibility index (Phi) is 5.19. The van der Waals surface area contributed by atoms with Crippen LogP contribution >= 0.6 is 0 Å². The third kappa shape index (κ3) is 3.32. The summed E-state index contributed by atoms with van der Waals surface area (Å²) in [5.74, 6) is 0.735. The molecule has 17 heavy (non-hydrogen) atoms. The van der Waals surface area contributed by atoms with Gasteiger partial charge in [-0.25, -0.2) is 0 Å². The van der Waals surface area contributed by atoms with E-state index in [9.17, 15) is 0 Å². The van der Waals surface area contributed by atoms with E-state index in [1.54, 1.807) is 0 Å². The molecule has 0 saturated heterocycles. The summed E-state index contributed by atoms with van der Waals surface area (Å²) in [6.07, 6.45) is 1.23. The van der Waals surface area contributed by atoms with Crippen LogP contribution in [0.25, 0.3) is 0 Å². The van der Waals surface area contributed by atoms with Crippen molar-refractivity contribution in [1.82, 2.24) is 15.1 Å². The molecule has 0 bridgehead atoms. The number of nitrogens with one attached hydrogen (secondary N) is 1. The van der Waals surface area contributed by atoms with Crippen molar-refractivity contribution >= 4 is 0 Å². The summed E-state index contributed by atoms with van der Waals surface area (Å²) in [6, 6.07) is 0.393. The molecule has 1 rings (SSSR count). The lowest BCUT2D eigenvalue weighted by molar-refractivity contribution is 0.459. The van der Waals surface area contributed by atoms with Crippen molar-refractivity contribution in [2.75, 3.05) is 6.54 Å². The molecule has 0 aliphatic heterocycles. The fourth-order valence-corrected chi connectivity index (χ4v) is 2.27. The second-order valence-corrected chi connectivity index (χ2v) is 5.04. The van der Waals surface area contributed by atoms with E-state index < -0.39 is 0 Å². The summed E-state index contributed by atoms with van der Waals surface area (Å²) in [5, 5.41) is 8.19. The van der Waals surface area contributed by atoms with Crippen molar-refractivity contribution in [1.29, 1.82) is 0 Å². The highest BCUT2D eigenvalue weighted by Gasteiger charge is 2.16. The van der Waals surface area contributed by atoms with Crippen LogP contribution in [0.3, 0.4) is 0 Å². The maximum atomic E-state index is 4.57. The summed E-state index contributed by atoms with van der Waals surface area (Å²) in [7, 11) is 0. The summed E-state index contributed by atoms with van der Waals surface area (Å²) in [6.45, 7) is 15.2. The van der Waals surface area contributed by atoms with Gasteiger partial charge >= 0.3 is 0 Å². The Morgan fingerprint density at radius 1 is 1.24 bits per heavy atom. The predicted octanol–water partition coefficient (Wildman–Crippen LogP) is 3.22. The van der Waals surface area contributed by atoms with E-state index in [1.165, 1.54) is 17.7 Å². The monoisotopic (exact) mass is 237 g/mol. The first-order chi connectivity index (χ1) is 8.01. The van der Waals surface area contributed by atoms with Gasteiger partial charge in [0.25, 0.3) is 0 Å². The topological polar surface area (TPSA) is 29.9 Å².